The number of dihydropyridines is 1. The first-order chi connectivity index (χ1) is 3.39. The third-order valence-corrected chi connectivity index (χ3v) is 1.04. The van der Waals surface area contributed by atoms with E-state index in [0.29, 0.717) is 6.04 Å². The number of allylic oxidation sites excluding steroid dienone is 1. The Kier molecular flexibility index (Phi) is 1.25. The van der Waals surface area contributed by atoms with Crippen molar-refractivity contribution in [2.24, 2.45) is 4.99 Å². The van der Waals surface area contributed by atoms with Gasteiger partial charge < -0.3 is 0 Å². The van der Waals surface area contributed by atoms with E-state index >= 15 is 0 Å². The second kappa shape index (κ2) is 1.92. The molecule has 1 atom stereocenters. The fourth-order valence-corrected chi connectivity index (χ4v) is 0.594. The smallest absolute Gasteiger partial charge is 0.0505 e. The van der Waals surface area contributed by atoms with E-state index in [-0.39, 0.29) is 0 Å². The summed E-state index contributed by atoms with van der Waals surface area (Å²) in [5, 5.41) is 0. The molecule has 0 N–H and O–H groups in total. The number of nitrogens with zero attached hydrogens (tertiary/aromatic N) is 1. The van der Waals surface area contributed by atoms with Crippen molar-refractivity contribution in [2.45, 2.75) is 19.4 Å². The molecule has 0 saturated carbocycles. The number of rotatable bonds is 0. The van der Waals surface area contributed by atoms with Gasteiger partial charge in [-0.15, -0.1) is 0 Å². The molecule has 0 amide bonds. The van der Waals surface area contributed by atoms with Gasteiger partial charge in [0.1, 0.15) is 0 Å². The minimum atomic E-state index is 0.519. The van der Waals surface area contributed by atoms with Gasteiger partial charge in [0.2, 0.25) is 0 Å². The molecular weight excluding hydrogens is 86.1 g/mol. The highest BCUT2D eigenvalue weighted by atomic mass is 14.7. The molecule has 1 unspecified atom stereocenters. The van der Waals surface area contributed by atoms with Gasteiger partial charge in [-0.3, -0.25) is 4.99 Å². The van der Waals surface area contributed by atoms with Crippen LogP contribution in [0.3, 0.4) is 0 Å². The van der Waals surface area contributed by atoms with Crippen LogP contribution in [0.2, 0.25) is 0 Å². The molecule has 1 nitrogen and oxygen atoms in total. The molecule has 1 aliphatic heterocycles. The highest BCUT2D eigenvalue weighted by Crippen LogP contribution is 1.99. The maximum atomic E-state index is 4.12. The normalized spacial score (nSPS) is 28.4. The van der Waals surface area contributed by atoms with E-state index in [1.165, 1.54) is 0 Å². The largest absolute Gasteiger partial charge is 0.290 e. The molecule has 7 heavy (non-hydrogen) atoms. The monoisotopic (exact) mass is 95.1 g/mol. The van der Waals surface area contributed by atoms with Gasteiger partial charge in [0.25, 0.3) is 0 Å². The van der Waals surface area contributed by atoms with Crippen LogP contribution in [0.15, 0.2) is 17.1 Å². The fraction of sp³-hybridized carbons (Fsp3) is 0.500. The molecule has 0 aromatic carbocycles. The highest BCUT2D eigenvalue weighted by Gasteiger charge is 1.94. The summed E-state index contributed by atoms with van der Waals surface area (Å²) in [4.78, 5) is 4.12. The lowest BCUT2D eigenvalue weighted by molar-refractivity contribution is 0.757. The second-order valence-corrected chi connectivity index (χ2v) is 1.81. The first-order valence-electron chi connectivity index (χ1n) is 2.58. The molecule has 0 aliphatic carbocycles. The minimum absolute atomic E-state index is 0.519. The summed E-state index contributed by atoms with van der Waals surface area (Å²) >= 11 is 0. The maximum Gasteiger partial charge on any atom is 0.0505 e. The van der Waals surface area contributed by atoms with Crippen LogP contribution < -0.4 is 0 Å². The molecule has 1 heteroatoms. The van der Waals surface area contributed by atoms with Crippen molar-refractivity contribution in [1.29, 1.82) is 0 Å². The quantitative estimate of drug-likeness (QED) is 0.431. The van der Waals surface area contributed by atoms with Crippen LogP contribution in [0.1, 0.15) is 13.3 Å². The Balaban J connectivity index is 2.49. The summed E-state index contributed by atoms with van der Waals surface area (Å²) in [5.41, 5.74) is 0. The number of hydrogen-bond acceptors (Lipinski definition) is 1. The van der Waals surface area contributed by atoms with Gasteiger partial charge in [0, 0.05) is 6.21 Å². The van der Waals surface area contributed by atoms with Gasteiger partial charge in [0.05, 0.1) is 6.04 Å². The molecule has 0 radical (unpaired) electrons. The number of aliphatic imine (C=N–C) groups is 1. The summed E-state index contributed by atoms with van der Waals surface area (Å²) in [5.74, 6) is 0. The van der Waals surface area contributed by atoms with Crippen LogP contribution in [0.4, 0.5) is 0 Å². The third-order valence-electron chi connectivity index (χ3n) is 1.04. The maximum absolute atomic E-state index is 4.12. The van der Waals surface area contributed by atoms with Gasteiger partial charge in [0.15, 0.2) is 0 Å². The van der Waals surface area contributed by atoms with Crippen molar-refractivity contribution in [1.82, 2.24) is 0 Å². The highest BCUT2D eigenvalue weighted by molar-refractivity contribution is 5.72. The van der Waals surface area contributed by atoms with Crippen molar-refractivity contribution >= 4 is 6.21 Å². The van der Waals surface area contributed by atoms with Crippen molar-refractivity contribution in [3.05, 3.63) is 12.2 Å². The standard InChI is InChI=1S/C6H9N/c1-6-4-2-3-5-7-6/h2-3,5-6H,4H2,1H3. The lowest BCUT2D eigenvalue weighted by Crippen LogP contribution is -1.97. The third kappa shape index (κ3) is 1.15. The van der Waals surface area contributed by atoms with Crippen molar-refractivity contribution in [2.75, 3.05) is 0 Å². The van der Waals surface area contributed by atoms with Crippen LogP contribution in [0, 0.1) is 0 Å². The van der Waals surface area contributed by atoms with Gasteiger partial charge in [-0.25, -0.2) is 0 Å². The van der Waals surface area contributed by atoms with Crippen LogP contribution in [0.25, 0.3) is 0 Å². The van der Waals surface area contributed by atoms with Gasteiger partial charge >= 0.3 is 0 Å². The minimum Gasteiger partial charge on any atom is -0.290 e. The van der Waals surface area contributed by atoms with E-state index in [1.54, 1.807) is 0 Å². The Bertz CT molecular complexity index is 103. The topological polar surface area (TPSA) is 12.4 Å². The average Bonchev–Trinajstić information content (AvgIpc) is 1.69. The molecule has 0 spiro atoms. The Morgan fingerprint density at radius 2 is 2.57 bits per heavy atom. The summed E-state index contributed by atoms with van der Waals surface area (Å²) in [6.07, 6.45) is 7.09. The SMILES string of the molecule is CC1CC=CC=N1. The van der Waals surface area contributed by atoms with E-state index in [2.05, 4.69) is 18.0 Å². The van der Waals surface area contributed by atoms with Crippen molar-refractivity contribution < 1.29 is 0 Å². The van der Waals surface area contributed by atoms with E-state index in [4.69, 9.17) is 0 Å². The molecule has 0 bridgehead atoms. The predicted octanol–water partition coefficient (Wildman–Crippen LogP) is 1.41. The molecule has 0 saturated heterocycles. The zero-order chi connectivity index (χ0) is 5.11. The molecule has 38 valence electrons. The zero-order valence-electron chi connectivity index (χ0n) is 4.46. The molecule has 0 aromatic heterocycles. The van der Waals surface area contributed by atoms with Gasteiger partial charge in [-0.05, 0) is 19.4 Å². The second-order valence-electron chi connectivity index (χ2n) is 1.81. The molecule has 1 aliphatic rings. The van der Waals surface area contributed by atoms with Crippen LogP contribution in [-0.2, 0) is 0 Å². The van der Waals surface area contributed by atoms with E-state index in [1.807, 2.05) is 12.3 Å². The van der Waals surface area contributed by atoms with Crippen LogP contribution >= 0.6 is 0 Å². The zero-order valence-corrected chi connectivity index (χ0v) is 4.46. The average molecular weight is 95.1 g/mol. The molecular formula is C6H9N. The molecule has 0 fully saturated rings. The summed E-state index contributed by atoms with van der Waals surface area (Å²) in [6.45, 7) is 2.11. The van der Waals surface area contributed by atoms with Crippen LogP contribution in [-0.4, -0.2) is 12.3 Å². The van der Waals surface area contributed by atoms with E-state index < -0.39 is 0 Å². The first kappa shape index (κ1) is 4.57. The number of hydrogen-bond donors (Lipinski definition) is 0. The summed E-state index contributed by atoms with van der Waals surface area (Å²) in [7, 11) is 0. The lowest BCUT2D eigenvalue weighted by atomic mass is 10.2. The Morgan fingerprint density at radius 3 is 2.86 bits per heavy atom. The fourth-order valence-electron chi connectivity index (χ4n) is 0.594. The molecule has 1 heterocycles. The van der Waals surface area contributed by atoms with E-state index in [0.717, 1.165) is 6.42 Å². The molecule has 0 aromatic rings. The van der Waals surface area contributed by atoms with Crippen molar-refractivity contribution in [3.8, 4) is 0 Å². The summed E-state index contributed by atoms with van der Waals surface area (Å²) < 4.78 is 0. The first-order valence-corrected chi connectivity index (χ1v) is 2.58. The predicted molar refractivity (Wildman–Crippen MR) is 31.7 cm³/mol. The Labute approximate surface area is 43.8 Å². The van der Waals surface area contributed by atoms with Gasteiger partial charge in [-0.2, -0.15) is 0 Å². The van der Waals surface area contributed by atoms with Crippen LogP contribution in [0.5, 0.6) is 0 Å². The Morgan fingerprint density at radius 1 is 1.71 bits per heavy atom. The van der Waals surface area contributed by atoms with Gasteiger partial charge in [-0.1, -0.05) is 6.08 Å². The Hall–Kier alpha value is -0.590. The van der Waals surface area contributed by atoms with Crippen molar-refractivity contribution in [3.63, 3.8) is 0 Å². The lowest BCUT2D eigenvalue weighted by Gasteiger charge is -2.02. The molecule has 1 rings (SSSR count). The summed E-state index contributed by atoms with van der Waals surface area (Å²) in [6, 6.07) is 0.519. The van der Waals surface area contributed by atoms with E-state index in [9.17, 15) is 0 Å².